The Hall–Kier alpha value is -4.21. The molecule has 208 valence electrons. The fourth-order valence-electron chi connectivity index (χ4n) is 4.31. The highest BCUT2D eigenvalue weighted by molar-refractivity contribution is 5.76. The Bertz CT molecular complexity index is 1630. The van der Waals surface area contributed by atoms with Crippen LogP contribution < -0.4 is 10.3 Å². The third-order valence-corrected chi connectivity index (χ3v) is 6.32. The fraction of sp³-hybridized carbons (Fsp3) is 0.357. The van der Waals surface area contributed by atoms with Crippen LogP contribution >= 0.6 is 0 Å². The summed E-state index contributed by atoms with van der Waals surface area (Å²) in [6.07, 6.45) is -1.47. The average molecular weight is 553 g/mol. The Morgan fingerprint density at radius 3 is 2.67 bits per heavy atom. The molecule has 12 heteroatoms. The molecule has 5 rings (SSSR count). The molecule has 4 aromatic rings. The second-order valence-electron chi connectivity index (χ2n) is 9.78. The van der Waals surface area contributed by atoms with Crippen LogP contribution in [0.4, 0.5) is 13.2 Å². The maximum absolute atomic E-state index is 13.5. The number of morpholine rings is 1. The number of aromatic nitrogens is 5. The first-order valence-corrected chi connectivity index (χ1v) is 12.7. The van der Waals surface area contributed by atoms with Crippen molar-refractivity contribution in [3.8, 4) is 23.6 Å². The molecule has 1 aromatic carbocycles. The minimum Gasteiger partial charge on any atom is -0.424 e. The van der Waals surface area contributed by atoms with Crippen molar-refractivity contribution >= 4 is 11.0 Å². The van der Waals surface area contributed by atoms with Gasteiger partial charge in [-0.2, -0.15) is 4.98 Å². The molecule has 1 aliphatic heterocycles. The number of alkyl halides is 3. The van der Waals surface area contributed by atoms with E-state index in [1.54, 1.807) is 12.1 Å². The molecule has 0 spiro atoms. The Kier molecular flexibility index (Phi) is 7.60. The average Bonchev–Trinajstić information content (AvgIpc) is 3.39. The number of ether oxygens (including phenoxy) is 2. The fourth-order valence-corrected chi connectivity index (χ4v) is 4.31. The van der Waals surface area contributed by atoms with Gasteiger partial charge in [0.25, 0.3) is 5.56 Å². The van der Waals surface area contributed by atoms with Gasteiger partial charge in [-0.05, 0) is 30.8 Å². The number of imidazole rings is 1. The maximum atomic E-state index is 13.5. The topological polar surface area (TPSA) is 87.3 Å². The molecule has 1 unspecified atom stereocenters. The zero-order valence-electron chi connectivity index (χ0n) is 22.1. The Morgan fingerprint density at radius 2 is 1.98 bits per heavy atom. The molecule has 40 heavy (non-hydrogen) atoms. The molecule has 0 bridgehead atoms. The van der Waals surface area contributed by atoms with Crippen molar-refractivity contribution in [2.75, 3.05) is 26.7 Å². The van der Waals surface area contributed by atoms with Crippen LogP contribution in [0.1, 0.15) is 36.9 Å². The van der Waals surface area contributed by atoms with E-state index in [0.717, 1.165) is 35.6 Å². The molecule has 9 nitrogen and oxygen atoms in total. The molecule has 0 N–H and O–H groups in total. The molecule has 1 atom stereocenters. The molecule has 0 radical (unpaired) electrons. The van der Waals surface area contributed by atoms with Crippen molar-refractivity contribution in [2.24, 2.45) is 5.92 Å². The predicted octanol–water partition coefficient (Wildman–Crippen LogP) is 4.32. The van der Waals surface area contributed by atoms with Gasteiger partial charge in [0.15, 0.2) is 5.65 Å². The number of hydrogen-bond acceptors (Lipinski definition) is 7. The zero-order valence-corrected chi connectivity index (χ0v) is 22.1. The van der Waals surface area contributed by atoms with Crippen molar-refractivity contribution in [1.82, 2.24) is 29.0 Å². The third-order valence-electron chi connectivity index (χ3n) is 6.32. The second kappa shape index (κ2) is 11.1. The maximum Gasteiger partial charge on any atom is 0.489 e. The lowest BCUT2D eigenvalue weighted by Crippen LogP contribution is -2.35. The molecular weight excluding hydrogens is 525 g/mol. The molecule has 1 fully saturated rings. The smallest absolute Gasteiger partial charge is 0.424 e. The lowest BCUT2D eigenvalue weighted by molar-refractivity contribution is -0.205. The Labute approximate surface area is 228 Å². The summed E-state index contributed by atoms with van der Waals surface area (Å²) in [4.78, 5) is 28.1. The van der Waals surface area contributed by atoms with E-state index >= 15 is 0 Å². The summed E-state index contributed by atoms with van der Waals surface area (Å²) in [5.74, 6) is 5.81. The Balaban J connectivity index is 1.50. The van der Waals surface area contributed by atoms with Gasteiger partial charge >= 0.3 is 12.3 Å². The summed E-state index contributed by atoms with van der Waals surface area (Å²) in [6, 6.07) is 8.78. The van der Waals surface area contributed by atoms with Gasteiger partial charge in [0, 0.05) is 43.0 Å². The highest BCUT2D eigenvalue weighted by Crippen LogP contribution is 2.27. The van der Waals surface area contributed by atoms with Crippen LogP contribution in [0.25, 0.3) is 11.0 Å². The van der Waals surface area contributed by atoms with Gasteiger partial charge in [-0.25, -0.2) is 14.5 Å². The molecule has 3 aromatic heterocycles. The van der Waals surface area contributed by atoms with Crippen LogP contribution in [0, 0.1) is 17.8 Å². The third kappa shape index (κ3) is 6.00. The number of halogens is 3. The number of likely N-dealkylation sites (N-methyl/N-ethyl adjacent to an activating group) is 1. The standard InChI is InChI=1S/C28H27F3N6O3/c1-18(2)4-5-20-14-21-15-33-27(40-22-8-6-19(7-9-22)23-16-35(3)12-13-39-23)34-25(21)36(26(20)38)17-24-32-10-11-37(24)28(29,30)31/h6-11,14-15,18,23H,12-13,16-17H2,1-3H3. The van der Waals surface area contributed by atoms with E-state index in [-0.39, 0.29) is 39.6 Å². The summed E-state index contributed by atoms with van der Waals surface area (Å²) in [5.41, 5.74) is 0.623. The number of fused-ring (bicyclic) bond motifs is 1. The van der Waals surface area contributed by atoms with Crippen LogP contribution in [0.2, 0.25) is 0 Å². The molecule has 4 heterocycles. The van der Waals surface area contributed by atoms with E-state index in [1.807, 2.05) is 33.0 Å². The van der Waals surface area contributed by atoms with E-state index in [1.165, 1.54) is 12.3 Å². The van der Waals surface area contributed by atoms with Gasteiger partial charge in [0.05, 0.1) is 24.8 Å². The highest BCUT2D eigenvalue weighted by Gasteiger charge is 2.33. The summed E-state index contributed by atoms with van der Waals surface area (Å²) in [7, 11) is 2.04. The molecule has 0 saturated carbocycles. The minimum atomic E-state index is -4.70. The van der Waals surface area contributed by atoms with E-state index in [4.69, 9.17) is 9.47 Å². The first-order chi connectivity index (χ1) is 19.1. The zero-order chi connectivity index (χ0) is 28.4. The number of hydrogen-bond donors (Lipinski definition) is 0. The van der Waals surface area contributed by atoms with Crippen LogP contribution in [0.3, 0.4) is 0 Å². The van der Waals surface area contributed by atoms with Crippen molar-refractivity contribution < 1.29 is 22.6 Å². The molecule has 0 aliphatic carbocycles. The van der Waals surface area contributed by atoms with Gasteiger partial charge in [0.2, 0.25) is 0 Å². The van der Waals surface area contributed by atoms with E-state index in [0.29, 0.717) is 17.7 Å². The van der Waals surface area contributed by atoms with Gasteiger partial charge in [-0.1, -0.05) is 37.8 Å². The monoisotopic (exact) mass is 552 g/mol. The van der Waals surface area contributed by atoms with E-state index < -0.39 is 18.4 Å². The van der Waals surface area contributed by atoms with Crippen molar-refractivity contribution in [2.45, 2.75) is 32.8 Å². The van der Waals surface area contributed by atoms with E-state index in [2.05, 4.69) is 31.7 Å². The molecule has 1 saturated heterocycles. The van der Waals surface area contributed by atoms with Crippen molar-refractivity contribution in [3.63, 3.8) is 0 Å². The predicted molar refractivity (Wildman–Crippen MR) is 141 cm³/mol. The first-order valence-electron chi connectivity index (χ1n) is 12.7. The molecule has 0 amide bonds. The minimum absolute atomic E-state index is 0.0170. The number of nitrogens with zero attached hydrogens (tertiary/aromatic N) is 6. The highest BCUT2D eigenvalue weighted by atomic mass is 19.4. The van der Waals surface area contributed by atoms with Crippen molar-refractivity contribution in [1.29, 1.82) is 0 Å². The lowest BCUT2D eigenvalue weighted by Gasteiger charge is -2.30. The SMILES string of the molecule is CC(C)C#Cc1cc2cnc(Oc3ccc(C4CN(C)CCO4)cc3)nc2n(Cc2nccn2C(F)(F)F)c1=O. The summed E-state index contributed by atoms with van der Waals surface area (Å²) >= 11 is 0. The van der Waals surface area contributed by atoms with Crippen LogP contribution in [-0.4, -0.2) is 55.7 Å². The lowest BCUT2D eigenvalue weighted by atomic mass is 10.1. The number of rotatable bonds is 5. The summed E-state index contributed by atoms with van der Waals surface area (Å²) in [6.45, 7) is 5.56. The molecule has 1 aliphatic rings. The number of pyridine rings is 1. The van der Waals surface area contributed by atoms with Gasteiger partial charge in [-0.15, -0.1) is 13.2 Å². The first kappa shape index (κ1) is 27.4. The normalized spacial score (nSPS) is 16.2. The largest absolute Gasteiger partial charge is 0.489 e. The summed E-state index contributed by atoms with van der Waals surface area (Å²) in [5, 5.41) is 0.416. The van der Waals surface area contributed by atoms with Gasteiger partial charge in [0.1, 0.15) is 11.6 Å². The van der Waals surface area contributed by atoms with E-state index in [9.17, 15) is 18.0 Å². The van der Waals surface area contributed by atoms with Gasteiger partial charge in [-0.3, -0.25) is 9.36 Å². The van der Waals surface area contributed by atoms with Crippen LogP contribution in [-0.2, 0) is 17.6 Å². The molecular formula is C28H27F3N6O3. The van der Waals surface area contributed by atoms with Gasteiger partial charge < -0.3 is 14.4 Å². The Morgan fingerprint density at radius 1 is 1.20 bits per heavy atom. The van der Waals surface area contributed by atoms with Crippen LogP contribution in [0.5, 0.6) is 11.8 Å². The van der Waals surface area contributed by atoms with Crippen molar-refractivity contribution in [3.05, 3.63) is 76.2 Å². The number of benzene rings is 1. The van der Waals surface area contributed by atoms with Crippen LogP contribution in [0.15, 0.2) is 53.7 Å². The summed E-state index contributed by atoms with van der Waals surface area (Å²) < 4.78 is 53.4. The second-order valence-corrected chi connectivity index (χ2v) is 9.78. The quantitative estimate of drug-likeness (QED) is 0.341.